The van der Waals surface area contributed by atoms with E-state index in [-0.39, 0.29) is 10.9 Å². The second kappa shape index (κ2) is 13.3. The Morgan fingerprint density at radius 1 is 1.12 bits per heavy atom. The lowest BCUT2D eigenvalue weighted by Crippen LogP contribution is -2.27. The normalized spacial score (nSPS) is 13.5. The molecule has 1 atom stereocenters. The first-order valence-corrected chi connectivity index (χ1v) is 15.6. The average molecular weight is 576 g/mol. The second-order valence-electron chi connectivity index (χ2n) is 10.3. The zero-order valence-corrected chi connectivity index (χ0v) is 24.1. The van der Waals surface area contributed by atoms with Crippen LogP contribution in [-0.4, -0.2) is 43.1 Å². The number of nitrogens with one attached hydrogen (secondary N) is 2. The molecule has 10 heteroatoms. The van der Waals surface area contributed by atoms with Gasteiger partial charge in [0.2, 0.25) is 0 Å². The molecule has 2 aromatic heterocycles. The van der Waals surface area contributed by atoms with Crippen molar-refractivity contribution in [2.75, 3.05) is 29.3 Å². The molecule has 0 aliphatic carbocycles. The SMILES string of the molecule is CCCCCc1coc(N(c2ccc(CCNCC(O)c3cccnc3)cc2)S(=O)(=O)c2ccc3c(c2)CCN3)n1. The molecule has 0 saturated heterocycles. The molecule has 5 rings (SSSR count). The van der Waals surface area contributed by atoms with Crippen LogP contribution in [0.1, 0.15) is 54.7 Å². The summed E-state index contributed by atoms with van der Waals surface area (Å²) in [4.78, 5) is 8.82. The maximum absolute atomic E-state index is 14.0. The van der Waals surface area contributed by atoms with Gasteiger partial charge in [0, 0.05) is 36.7 Å². The summed E-state index contributed by atoms with van der Waals surface area (Å²) in [6.45, 7) is 4.00. The fraction of sp³-hybridized carbons (Fsp3) is 0.355. The number of anilines is 3. The fourth-order valence-corrected chi connectivity index (χ4v) is 6.35. The lowest BCUT2D eigenvalue weighted by atomic mass is 10.1. The first-order valence-electron chi connectivity index (χ1n) is 14.2. The van der Waals surface area contributed by atoms with Crippen molar-refractivity contribution in [2.24, 2.45) is 0 Å². The summed E-state index contributed by atoms with van der Waals surface area (Å²) in [5, 5.41) is 16.9. The Hall–Kier alpha value is -3.73. The molecule has 41 heavy (non-hydrogen) atoms. The minimum atomic E-state index is -4.01. The number of aryl methyl sites for hydroxylation is 1. The van der Waals surface area contributed by atoms with Crippen LogP contribution in [0.4, 0.5) is 17.4 Å². The molecule has 216 valence electrons. The van der Waals surface area contributed by atoms with Crippen molar-refractivity contribution in [3.05, 3.63) is 95.6 Å². The number of aliphatic hydroxyl groups is 1. The molecule has 3 heterocycles. The van der Waals surface area contributed by atoms with Crippen molar-refractivity contribution in [1.29, 1.82) is 0 Å². The van der Waals surface area contributed by atoms with Crippen LogP contribution in [0, 0.1) is 0 Å². The van der Waals surface area contributed by atoms with Gasteiger partial charge < -0.3 is 20.2 Å². The van der Waals surface area contributed by atoms with Crippen LogP contribution >= 0.6 is 0 Å². The monoisotopic (exact) mass is 575 g/mol. The number of nitrogens with zero attached hydrogens (tertiary/aromatic N) is 3. The minimum Gasteiger partial charge on any atom is -0.431 e. The summed E-state index contributed by atoms with van der Waals surface area (Å²) < 4.78 is 35.1. The van der Waals surface area contributed by atoms with Gasteiger partial charge >= 0.3 is 6.01 Å². The summed E-state index contributed by atoms with van der Waals surface area (Å²) in [7, 11) is -4.01. The molecule has 1 aliphatic heterocycles. The quantitative estimate of drug-likeness (QED) is 0.176. The van der Waals surface area contributed by atoms with E-state index in [9.17, 15) is 13.5 Å². The molecular weight excluding hydrogens is 538 g/mol. The Kier molecular flexibility index (Phi) is 9.33. The van der Waals surface area contributed by atoms with Gasteiger partial charge in [0.25, 0.3) is 10.0 Å². The number of hydrogen-bond donors (Lipinski definition) is 3. The number of aliphatic hydroxyl groups excluding tert-OH is 1. The van der Waals surface area contributed by atoms with E-state index in [1.54, 1.807) is 49.0 Å². The smallest absolute Gasteiger partial charge is 0.316 e. The number of sulfonamides is 1. The van der Waals surface area contributed by atoms with Crippen LogP contribution in [0.15, 0.2) is 82.6 Å². The second-order valence-corrected chi connectivity index (χ2v) is 12.1. The van der Waals surface area contributed by atoms with E-state index in [1.807, 2.05) is 24.3 Å². The summed E-state index contributed by atoms with van der Waals surface area (Å²) >= 11 is 0. The van der Waals surface area contributed by atoms with Crippen LogP contribution in [-0.2, 0) is 29.3 Å². The highest BCUT2D eigenvalue weighted by molar-refractivity contribution is 7.93. The third kappa shape index (κ3) is 6.95. The highest BCUT2D eigenvalue weighted by atomic mass is 32.2. The van der Waals surface area contributed by atoms with Gasteiger partial charge in [-0.05, 0) is 79.8 Å². The zero-order chi connectivity index (χ0) is 28.7. The van der Waals surface area contributed by atoms with Gasteiger partial charge in [-0.3, -0.25) is 4.98 Å². The molecular formula is C31H37N5O4S. The Morgan fingerprint density at radius 3 is 2.76 bits per heavy atom. The van der Waals surface area contributed by atoms with Crippen molar-refractivity contribution in [1.82, 2.24) is 15.3 Å². The molecule has 2 aromatic carbocycles. The Labute approximate surface area is 241 Å². The van der Waals surface area contributed by atoms with Crippen molar-refractivity contribution in [2.45, 2.75) is 56.4 Å². The first-order chi connectivity index (χ1) is 20.0. The van der Waals surface area contributed by atoms with E-state index >= 15 is 0 Å². The molecule has 0 bridgehead atoms. The topological polar surface area (TPSA) is 121 Å². The predicted octanol–water partition coefficient (Wildman–Crippen LogP) is 5.16. The van der Waals surface area contributed by atoms with Gasteiger partial charge in [0.1, 0.15) is 6.26 Å². The Bertz CT molecular complexity index is 1520. The standard InChI is InChI=1S/C31H37N5O4S/c1-2-3-4-7-26-22-40-31(35-26)36(41(38,39)28-12-13-29-24(19-28)15-18-34-29)27-10-8-23(9-11-27)14-17-33-21-30(37)25-6-5-16-32-20-25/h5-6,8-13,16,19-20,22,30,33-34,37H,2-4,7,14-15,17-18,21H2,1H3. The van der Waals surface area contributed by atoms with Crippen LogP contribution in [0.5, 0.6) is 0 Å². The Balaban J connectivity index is 1.32. The van der Waals surface area contributed by atoms with E-state index in [2.05, 4.69) is 27.5 Å². The molecule has 0 spiro atoms. The Morgan fingerprint density at radius 2 is 1.98 bits per heavy atom. The number of pyridine rings is 1. The lowest BCUT2D eigenvalue weighted by molar-refractivity contribution is 0.174. The molecule has 1 aliphatic rings. The summed E-state index contributed by atoms with van der Waals surface area (Å²) in [6, 6.07) is 16.3. The van der Waals surface area contributed by atoms with E-state index in [4.69, 9.17) is 4.42 Å². The van der Waals surface area contributed by atoms with Gasteiger partial charge in [-0.1, -0.05) is 38.0 Å². The number of hydrogen-bond acceptors (Lipinski definition) is 8. The molecule has 9 nitrogen and oxygen atoms in total. The summed E-state index contributed by atoms with van der Waals surface area (Å²) in [5.41, 5.74) is 4.94. The predicted molar refractivity (Wildman–Crippen MR) is 160 cm³/mol. The molecule has 0 amide bonds. The van der Waals surface area contributed by atoms with Crippen LogP contribution in [0.2, 0.25) is 0 Å². The van der Waals surface area contributed by atoms with Gasteiger partial charge in [-0.25, -0.2) is 8.42 Å². The molecule has 0 fully saturated rings. The van der Waals surface area contributed by atoms with Crippen LogP contribution < -0.4 is 14.9 Å². The van der Waals surface area contributed by atoms with Gasteiger partial charge in [0.15, 0.2) is 0 Å². The third-order valence-corrected chi connectivity index (χ3v) is 8.94. The molecule has 0 saturated carbocycles. The molecule has 0 radical (unpaired) electrons. The van der Waals surface area contributed by atoms with E-state index in [1.165, 1.54) is 4.31 Å². The molecule has 4 aromatic rings. The largest absolute Gasteiger partial charge is 0.431 e. The number of benzene rings is 2. The lowest BCUT2D eigenvalue weighted by Gasteiger charge is -2.21. The van der Waals surface area contributed by atoms with E-state index < -0.39 is 16.1 Å². The fourth-order valence-electron chi connectivity index (χ4n) is 4.92. The number of rotatable bonds is 14. The van der Waals surface area contributed by atoms with Crippen molar-refractivity contribution in [3.63, 3.8) is 0 Å². The maximum atomic E-state index is 14.0. The summed E-state index contributed by atoms with van der Waals surface area (Å²) in [6.07, 6.45) is 9.62. The first kappa shape index (κ1) is 28.8. The summed E-state index contributed by atoms with van der Waals surface area (Å²) in [5.74, 6) is 0. The van der Waals surface area contributed by atoms with E-state index in [0.29, 0.717) is 25.2 Å². The number of fused-ring (bicyclic) bond motifs is 1. The highest BCUT2D eigenvalue weighted by Crippen LogP contribution is 2.34. The van der Waals surface area contributed by atoms with Crippen molar-refractivity contribution in [3.8, 4) is 0 Å². The van der Waals surface area contributed by atoms with Gasteiger partial charge in [-0.2, -0.15) is 9.29 Å². The van der Waals surface area contributed by atoms with Gasteiger partial charge in [-0.15, -0.1) is 0 Å². The maximum Gasteiger partial charge on any atom is 0.316 e. The van der Waals surface area contributed by atoms with Crippen LogP contribution in [0.3, 0.4) is 0 Å². The van der Waals surface area contributed by atoms with Crippen LogP contribution in [0.25, 0.3) is 0 Å². The number of aromatic nitrogens is 2. The average Bonchev–Trinajstić information content (AvgIpc) is 3.66. The van der Waals surface area contributed by atoms with Crippen molar-refractivity contribution >= 4 is 27.4 Å². The van der Waals surface area contributed by atoms with E-state index in [0.717, 1.165) is 66.7 Å². The molecule has 3 N–H and O–H groups in total. The number of unbranched alkanes of at least 4 members (excludes halogenated alkanes) is 2. The third-order valence-electron chi connectivity index (χ3n) is 7.24. The minimum absolute atomic E-state index is 0.0360. The molecule has 1 unspecified atom stereocenters. The number of oxazole rings is 1. The van der Waals surface area contributed by atoms with Gasteiger partial charge in [0.05, 0.1) is 22.4 Å². The van der Waals surface area contributed by atoms with Crippen molar-refractivity contribution < 1.29 is 17.9 Å². The highest BCUT2D eigenvalue weighted by Gasteiger charge is 2.31. The zero-order valence-electron chi connectivity index (χ0n) is 23.3.